The zero-order valence-electron chi connectivity index (χ0n) is 10.4. The van der Waals surface area contributed by atoms with Crippen molar-refractivity contribution in [3.63, 3.8) is 0 Å². The molecule has 4 heteroatoms. The minimum atomic E-state index is -0.480. The van der Waals surface area contributed by atoms with Crippen LogP contribution >= 0.6 is 0 Å². The van der Waals surface area contributed by atoms with Crippen LogP contribution in [0.2, 0.25) is 0 Å². The van der Waals surface area contributed by atoms with Gasteiger partial charge in [-0.1, -0.05) is 43.7 Å². The molecule has 0 unspecified atom stereocenters. The van der Waals surface area contributed by atoms with Gasteiger partial charge in [0.05, 0.1) is 0 Å². The largest absolute Gasteiger partial charge is 0.459 e. The van der Waals surface area contributed by atoms with E-state index in [1.807, 2.05) is 37.3 Å². The van der Waals surface area contributed by atoms with E-state index in [4.69, 9.17) is 4.74 Å². The first kappa shape index (κ1) is 12.6. The molecule has 0 aromatic heterocycles. The van der Waals surface area contributed by atoms with Crippen molar-refractivity contribution in [3.8, 4) is 0 Å². The molecule has 1 saturated heterocycles. The molecule has 1 aliphatic heterocycles. The Morgan fingerprint density at radius 1 is 1.39 bits per heavy atom. The number of benzene rings is 1. The molecule has 0 radical (unpaired) electrons. The summed E-state index contributed by atoms with van der Waals surface area (Å²) in [5, 5.41) is 2.68. The molecule has 2 rings (SSSR count). The van der Waals surface area contributed by atoms with Gasteiger partial charge in [-0.05, 0) is 11.5 Å². The van der Waals surface area contributed by atoms with Crippen molar-refractivity contribution in [1.29, 1.82) is 0 Å². The lowest BCUT2D eigenvalue weighted by Gasteiger charge is -2.15. The van der Waals surface area contributed by atoms with Gasteiger partial charge in [0.25, 0.3) is 0 Å². The van der Waals surface area contributed by atoms with E-state index in [9.17, 15) is 9.59 Å². The number of carbonyl (C=O) groups excluding carboxylic acids is 2. The van der Waals surface area contributed by atoms with Crippen LogP contribution in [0.1, 0.15) is 25.3 Å². The lowest BCUT2D eigenvalue weighted by molar-refractivity contribution is -0.148. The van der Waals surface area contributed by atoms with Crippen molar-refractivity contribution in [2.24, 2.45) is 5.92 Å². The second kappa shape index (κ2) is 5.67. The van der Waals surface area contributed by atoms with Crippen LogP contribution in [-0.4, -0.2) is 17.9 Å². The summed E-state index contributed by atoms with van der Waals surface area (Å²) in [6.07, 6.45) is 1.21. The second-order valence-electron chi connectivity index (χ2n) is 4.51. The zero-order valence-corrected chi connectivity index (χ0v) is 10.4. The highest BCUT2D eigenvalue weighted by atomic mass is 16.5. The number of amides is 1. The summed E-state index contributed by atoms with van der Waals surface area (Å²) in [5.41, 5.74) is 0.947. The van der Waals surface area contributed by atoms with Crippen LogP contribution in [0.4, 0.5) is 0 Å². The van der Waals surface area contributed by atoms with Crippen LogP contribution in [0.25, 0.3) is 0 Å². The second-order valence-corrected chi connectivity index (χ2v) is 4.51. The van der Waals surface area contributed by atoms with Gasteiger partial charge in [0.15, 0.2) is 0 Å². The fourth-order valence-electron chi connectivity index (χ4n) is 2.16. The maximum atomic E-state index is 11.9. The lowest BCUT2D eigenvalue weighted by atomic mass is 9.98. The highest BCUT2D eigenvalue weighted by molar-refractivity contribution is 5.88. The van der Waals surface area contributed by atoms with Gasteiger partial charge in [-0.2, -0.15) is 0 Å². The first-order valence-electron chi connectivity index (χ1n) is 6.20. The molecule has 1 N–H and O–H groups in total. The molecule has 4 nitrogen and oxygen atoms in total. The van der Waals surface area contributed by atoms with Crippen molar-refractivity contribution >= 4 is 11.9 Å². The SMILES string of the molecule is CC[C@H]1CC(=O)N[C@@H]1C(=O)OCc1ccccc1. The normalized spacial score (nSPS) is 22.6. The van der Waals surface area contributed by atoms with Crippen molar-refractivity contribution in [3.05, 3.63) is 35.9 Å². The lowest BCUT2D eigenvalue weighted by Crippen LogP contribution is -2.38. The van der Waals surface area contributed by atoms with Crippen LogP contribution in [0.15, 0.2) is 30.3 Å². The molecular formula is C14H17NO3. The molecule has 1 aromatic rings. The maximum Gasteiger partial charge on any atom is 0.329 e. The van der Waals surface area contributed by atoms with Gasteiger partial charge >= 0.3 is 5.97 Å². The molecule has 0 saturated carbocycles. The van der Waals surface area contributed by atoms with E-state index in [0.29, 0.717) is 6.42 Å². The molecule has 0 spiro atoms. The summed E-state index contributed by atoms with van der Waals surface area (Å²) in [6.45, 7) is 2.23. The Morgan fingerprint density at radius 3 is 2.78 bits per heavy atom. The number of carbonyl (C=O) groups is 2. The molecule has 1 fully saturated rings. The van der Waals surface area contributed by atoms with E-state index in [-0.39, 0.29) is 24.4 Å². The number of rotatable bonds is 4. The van der Waals surface area contributed by atoms with E-state index in [2.05, 4.69) is 5.32 Å². The summed E-state index contributed by atoms with van der Waals surface area (Å²) in [6, 6.07) is 9.03. The Balaban J connectivity index is 1.90. The van der Waals surface area contributed by atoms with Crippen LogP contribution in [0, 0.1) is 5.92 Å². The minimum absolute atomic E-state index is 0.0563. The summed E-state index contributed by atoms with van der Waals surface area (Å²) in [5.74, 6) is -0.346. The van der Waals surface area contributed by atoms with Crippen LogP contribution in [-0.2, 0) is 20.9 Å². The molecule has 0 bridgehead atoms. The van der Waals surface area contributed by atoms with E-state index in [1.165, 1.54) is 0 Å². The zero-order chi connectivity index (χ0) is 13.0. The molecule has 18 heavy (non-hydrogen) atoms. The van der Waals surface area contributed by atoms with Gasteiger partial charge in [-0.3, -0.25) is 4.79 Å². The minimum Gasteiger partial charge on any atom is -0.459 e. The predicted molar refractivity (Wildman–Crippen MR) is 66.6 cm³/mol. The Morgan fingerprint density at radius 2 is 2.11 bits per heavy atom. The third-order valence-corrected chi connectivity index (χ3v) is 3.24. The summed E-state index contributed by atoms with van der Waals surface area (Å²) in [4.78, 5) is 23.2. The van der Waals surface area contributed by atoms with E-state index >= 15 is 0 Å². The van der Waals surface area contributed by atoms with Gasteiger partial charge in [0.2, 0.25) is 5.91 Å². The van der Waals surface area contributed by atoms with E-state index in [0.717, 1.165) is 12.0 Å². The first-order valence-corrected chi connectivity index (χ1v) is 6.20. The van der Waals surface area contributed by atoms with Gasteiger partial charge in [-0.15, -0.1) is 0 Å². The molecule has 1 aromatic carbocycles. The fraction of sp³-hybridized carbons (Fsp3) is 0.429. The molecular weight excluding hydrogens is 230 g/mol. The van der Waals surface area contributed by atoms with Gasteiger partial charge < -0.3 is 10.1 Å². The van der Waals surface area contributed by atoms with Crippen LogP contribution in [0.3, 0.4) is 0 Å². The van der Waals surface area contributed by atoms with Gasteiger partial charge in [0.1, 0.15) is 12.6 Å². The molecule has 0 aliphatic carbocycles. The van der Waals surface area contributed by atoms with Crippen LogP contribution < -0.4 is 5.32 Å². The molecule has 1 aliphatic rings. The summed E-state index contributed by atoms with van der Waals surface area (Å²) in [7, 11) is 0. The Kier molecular flexibility index (Phi) is 3.97. The Hall–Kier alpha value is -1.84. The number of ether oxygens (including phenoxy) is 1. The van der Waals surface area contributed by atoms with Crippen molar-refractivity contribution in [2.75, 3.05) is 0 Å². The Labute approximate surface area is 106 Å². The smallest absolute Gasteiger partial charge is 0.329 e. The molecule has 1 amide bonds. The molecule has 1 heterocycles. The number of esters is 1. The predicted octanol–water partition coefficient (Wildman–Crippen LogP) is 1.64. The third kappa shape index (κ3) is 2.88. The van der Waals surface area contributed by atoms with Gasteiger partial charge in [0, 0.05) is 6.42 Å². The summed E-state index contributed by atoms with van der Waals surface area (Å²) >= 11 is 0. The Bertz CT molecular complexity index is 430. The average molecular weight is 247 g/mol. The molecule has 96 valence electrons. The standard InChI is InChI=1S/C14H17NO3/c1-2-11-8-12(16)15-13(11)14(17)18-9-10-6-4-3-5-7-10/h3-7,11,13H,2,8-9H2,1H3,(H,15,16)/t11-,13-/m0/s1. The van der Waals surface area contributed by atoms with Crippen molar-refractivity contribution < 1.29 is 14.3 Å². The average Bonchev–Trinajstić information content (AvgIpc) is 2.78. The van der Waals surface area contributed by atoms with Crippen molar-refractivity contribution in [2.45, 2.75) is 32.4 Å². The number of nitrogens with one attached hydrogen (secondary N) is 1. The number of hydrogen-bond donors (Lipinski definition) is 1. The number of hydrogen-bond acceptors (Lipinski definition) is 3. The van der Waals surface area contributed by atoms with E-state index < -0.39 is 6.04 Å². The third-order valence-electron chi connectivity index (χ3n) is 3.24. The quantitative estimate of drug-likeness (QED) is 0.823. The monoisotopic (exact) mass is 247 g/mol. The van der Waals surface area contributed by atoms with Crippen LogP contribution in [0.5, 0.6) is 0 Å². The highest BCUT2D eigenvalue weighted by Gasteiger charge is 2.37. The first-order chi connectivity index (χ1) is 8.70. The summed E-state index contributed by atoms with van der Waals surface area (Å²) < 4.78 is 5.24. The van der Waals surface area contributed by atoms with Gasteiger partial charge in [-0.25, -0.2) is 4.79 Å². The highest BCUT2D eigenvalue weighted by Crippen LogP contribution is 2.21. The maximum absolute atomic E-state index is 11.9. The fourth-order valence-corrected chi connectivity index (χ4v) is 2.16. The topological polar surface area (TPSA) is 55.4 Å². The molecule has 2 atom stereocenters. The van der Waals surface area contributed by atoms with E-state index in [1.54, 1.807) is 0 Å². The van der Waals surface area contributed by atoms with Crippen molar-refractivity contribution in [1.82, 2.24) is 5.32 Å².